The number of rotatable bonds is 13. The third-order valence-corrected chi connectivity index (χ3v) is 14.5. The predicted octanol–water partition coefficient (Wildman–Crippen LogP) is 15.5. The summed E-state index contributed by atoms with van der Waals surface area (Å²) in [6.07, 6.45) is 31.1. The van der Waals surface area contributed by atoms with E-state index >= 15 is 0 Å². The highest BCUT2D eigenvalue weighted by Gasteiger charge is 2.30. The van der Waals surface area contributed by atoms with Crippen LogP contribution in [0.15, 0.2) is 0 Å². The Labute approximate surface area is 454 Å². The molecule has 9 heteroatoms. The molecule has 0 spiro atoms. The van der Waals surface area contributed by atoms with Crippen molar-refractivity contribution in [2.45, 2.75) is 269 Å². The van der Waals surface area contributed by atoms with Crippen LogP contribution >= 0.6 is 0 Å². The summed E-state index contributed by atoms with van der Waals surface area (Å²) in [4.78, 5) is 9.94. The molecule has 0 radical (unpaired) electrons. The van der Waals surface area contributed by atoms with Crippen molar-refractivity contribution in [2.75, 3.05) is 114 Å². The molecular weight excluding hydrogens is 893 g/mol. The van der Waals surface area contributed by atoms with Gasteiger partial charge in [-0.3, -0.25) is 0 Å². The molecule has 0 aromatic rings. The molecule has 1 unspecified atom stereocenters. The second-order valence-corrected chi connectivity index (χ2v) is 23.2. The van der Waals surface area contributed by atoms with Gasteiger partial charge in [0.2, 0.25) is 0 Å². The van der Waals surface area contributed by atoms with Gasteiger partial charge in [0.25, 0.3) is 0 Å². The molecule has 5 saturated heterocycles. The Hall–Kier alpha value is -0.360. The molecule has 7 aliphatic rings. The molecule has 7 rings (SSSR count). The van der Waals surface area contributed by atoms with Gasteiger partial charge in [0.15, 0.2) is 0 Å². The quantitative estimate of drug-likeness (QED) is 0.175. The van der Waals surface area contributed by atoms with E-state index in [1.165, 1.54) is 187 Å². The molecule has 0 amide bonds. The average Bonchev–Trinajstić information content (AvgIpc) is 4.06. The summed E-state index contributed by atoms with van der Waals surface area (Å²) < 4.78 is 14.8. The summed E-state index contributed by atoms with van der Waals surface area (Å²) in [5.74, 6) is 5.00. The zero-order valence-corrected chi connectivity index (χ0v) is 52.9. The Morgan fingerprint density at radius 3 is 1.24 bits per heavy atom. The number of aliphatic hydroxyl groups excluding tert-OH is 1. The van der Waals surface area contributed by atoms with Gasteiger partial charge in [-0.05, 0) is 193 Å². The predicted molar refractivity (Wildman–Crippen MR) is 321 cm³/mol. The van der Waals surface area contributed by atoms with E-state index in [0.29, 0.717) is 12.7 Å². The first-order valence-corrected chi connectivity index (χ1v) is 31.1. The number of piperidine rings is 3. The highest BCUT2D eigenvalue weighted by molar-refractivity contribution is 4.86. The Balaban J connectivity index is -0.000000357. The molecule has 2 atom stereocenters. The second kappa shape index (κ2) is 56.8. The third kappa shape index (κ3) is 58.9. The van der Waals surface area contributed by atoms with Crippen molar-refractivity contribution in [3.05, 3.63) is 0 Å². The van der Waals surface area contributed by atoms with E-state index in [-0.39, 0.29) is 0 Å². The van der Waals surface area contributed by atoms with Crippen molar-refractivity contribution in [3.8, 4) is 0 Å². The minimum absolute atomic E-state index is 0.319. The van der Waals surface area contributed by atoms with E-state index in [2.05, 4.69) is 110 Å². The van der Waals surface area contributed by atoms with E-state index in [1.54, 1.807) is 28.1 Å². The number of likely N-dealkylation sites (tertiary alicyclic amines) is 4. The lowest BCUT2D eigenvalue weighted by atomic mass is 9.84. The van der Waals surface area contributed by atoms with E-state index in [1.807, 2.05) is 13.8 Å². The lowest BCUT2D eigenvalue weighted by Crippen LogP contribution is -2.41. The van der Waals surface area contributed by atoms with Crippen LogP contribution < -0.4 is 0 Å². The average molecular weight is 1030 g/mol. The SMILES string of the molecule is CC1CCN(C)CC1.CC1CCN(C2CC2)CC1.CC1CN(C)C1.CCC(C)(C)O.CCC1CCC1.CCC1CCCO1.CCCCC.CCCCOC.CCCO.CCCOC.CCN1CCC[C@@H](C)C1. The van der Waals surface area contributed by atoms with E-state index in [4.69, 9.17) is 24.4 Å². The van der Waals surface area contributed by atoms with Crippen molar-refractivity contribution >= 4 is 0 Å². The summed E-state index contributed by atoms with van der Waals surface area (Å²) in [6.45, 7) is 47.2. The molecule has 5 aliphatic heterocycles. The molecule has 2 aliphatic carbocycles. The Kier molecular flexibility index (Phi) is 61.7. The van der Waals surface area contributed by atoms with E-state index in [0.717, 1.165) is 74.7 Å². The van der Waals surface area contributed by atoms with Gasteiger partial charge < -0.3 is 44.0 Å². The van der Waals surface area contributed by atoms with Gasteiger partial charge in [-0.25, -0.2) is 0 Å². The van der Waals surface area contributed by atoms with Gasteiger partial charge in [-0.15, -0.1) is 0 Å². The highest BCUT2D eigenvalue weighted by Crippen LogP contribution is 2.30. The number of aliphatic hydroxyl groups is 2. The first-order valence-electron chi connectivity index (χ1n) is 31.1. The van der Waals surface area contributed by atoms with Crippen molar-refractivity contribution < 1.29 is 24.4 Å². The molecule has 0 aromatic carbocycles. The minimum atomic E-state index is -0.458. The Morgan fingerprint density at radius 2 is 1.04 bits per heavy atom. The minimum Gasteiger partial charge on any atom is -0.396 e. The molecule has 0 aromatic heterocycles. The Bertz CT molecular complexity index is 948. The smallest absolute Gasteiger partial charge is 0.0589 e. The van der Waals surface area contributed by atoms with E-state index in [9.17, 15) is 0 Å². The standard InChI is InChI=1S/C9H17N.C8H17N.C7H15N.C6H12O.C6H12.C5H11N.2C5H12O.C5H12.C4H10O.C3H8O/c1-8-4-6-10(7-5-8)9-2-3-9;1-3-9-6-4-5-8(2)7-9;1-7-3-5-8(2)6-4-7;1-2-6-4-3-5-7-6;1-2-6-4-3-5-6;1-5-3-6(2)4-5;1-4-5(2,3)6;1-3-4-5-6-2;1-3-5-4-2;1-3-4-5-2;1-2-3-4/h8-9H,2-7H2,1H3;8H,3-7H2,1-2H3;7H,3-6H2,1-2H3;6H,2-5H2,1H3;6H,2-5H2,1H3;5H,3-4H2,1-2H3;6H,4H2,1-3H3;3-5H2,1-2H3;3-5H2,1-2H3;3-4H2,1-2H3;4H,2-3H2,1H3/t;8-;;;;;;;;;/m.1........./s1. The molecule has 9 nitrogen and oxygen atoms in total. The first kappa shape index (κ1) is 78.1. The molecular formula is C63H138N4O5. The van der Waals surface area contributed by atoms with Crippen LogP contribution in [-0.2, 0) is 14.2 Å². The van der Waals surface area contributed by atoms with Crippen LogP contribution in [-0.4, -0.2) is 161 Å². The number of unbranched alkanes of at least 4 members (excludes halogenated alkanes) is 3. The molecule has 7 fully saturated rings. The molecule has 2 N–H and O–H groups in total. The zero-order valence-electron chi connectivity index (χ0n) is 52.9. The van der Waals surface area contributed by atoms with Gasteiger partial charge in [0, 0.05) is 66.3 Å². The summed E-state index contributed by atoms with van der Waals surface area (Å²) in [5.41, 5.74) is -0.458. The van der Waals surface area contributed by atoms with Crippen LogP contribution in [0.5, 0.6) is 0 Å². The second-order valence-electron chi connectivity index (χ2n) is 23.2. The lowest BCUT2D eigenvalue weighted by molar-refractivity contribution is 0.0765. The van der Waals surface area contributed by atoms with Crippen LogP contribution in [0.1, 0.15) is 252 Å². The van der Waals surface area contributed by atoms with Crippen molar-refractivity contribution in [1.82, 2.24) is 19.6 Å². The summed E-state index contributed by atoms with van der Waals surface area (Å²) in [6, 6.07) is 1.01. The molecule has 0 bridgehead atoms. The number of hydrogen-bond donors (Lipinski definition) is 2. The maximum atomic E-state index is 8.83. The van der Waals surface area contributed by atoms with Crippen molar-refractivity contribution in [1.29, 1.82) is 0 Å². The Morgan fingerprint density at radius 1 is 0.528 bits per heavy atom. The third-order valence-electron chi connectivity index (χ3n) is 14.5. The summed E-state index contributed by atoms with van der Waals surface area (Å²) in [5, 5.41) is 16.7. The molecule has 5 heterocycles. The molecule has 440 valence electrons. The van der Waals surface area contributed by atoms with Gasteiger partial charge in [-0.1, -0.05) is 141 Å². The highest BCUT2D eigenvalue weighted by atomic mass is 16.5. The maximum absolute atomic E-state index is 8.83. The molecule has 2 saturated carbocycles. The van der Waals surface area contributed by atoms with Crippen LogP contribution in [0.2, 0.25) is 0 Å². The normalized spacial score (nSPS) is 21.6. The largest absolute Gasteiger partial charge is 0.396 e. The lowest BCUT2D eigenvalue weighted by Gasteiger charge is -2.33. The summed E-state index contributed by atoms with van der Waals surface area (Å²) >= 11 is 0. The van der Waals surface area contributed by atoms with Gasteiger partial charge in [0.1, 0.15) is 0 Å². The van der Waals surface area contributed by atoms with Crippen molar-refractivity contribution in [3.63, 3.8) is 0 Å². The van der Waals surface area contributed by atoms with Gasteiger partial charge in [0.05, 0.1) is 11.7 Å². The number of nitrogens with zero attached hydrogens (tertiary/aromatic N) is 4. The van der Waals surface area contributed by atoms with Crippen molar-refractivity contribution in [2.24, 2.45) is 29.6 Å². The van der Waals surface area contributed by atoms with Crippen LogP contribution in [0.4, 0.5) is 0 Å². The maximum Gasteiger partial charge on any atom is 0.0589 e. The zero-order chi connectivity index (χ0) is 55.4. The number of hydrogen-bond acceptors (Lipinski definition) is 9. The fourth-order valence-electron chi connectivity index (χ4n) is 8.27. The summed E-state index contributed by atoms with van der Waals surface area (Å²) in [7, 11) is 7.80. The monoisotopic (exact) mass is 1030 g/mol. The fraction of sp³-hybridized carbons (Fsp3) is 1.00. The number of ether oxygens (including phenoxy) is 3. The van der Waals surface area contributed by atoms with Crippen LogP contribution in [0.25, 0.3) is 0 Å². The van der Waals surface area contributed by atoms with Gasteiger partial charge >= 0.3 is 0 Å². The van der Waals surface area contributed by atoms with Gasteiger partial charge in [-0.2, -0.15) is 0 Å². The topological polar surface area (TPSA) is 81.1 Å². The van der Waals surface area contributed by atoms with E-state index < -0.39 is 5.60 Å². The first-order chi connectivity index (χ1) is 34.3. The van der Waals surface area contributed by atoms with Crippen LogP contribution in [0, 0.1) is 29.6 Å². The fourth-order valence-corrected chi connectivity index (χ4v) is 8.27. The van der Waals surface area contributed by atoms with Crippen LogP contribution in [0.3, 0.4) is 0 Å². The molecule has 72 heavy (non-hydrogen) atoms. The number of methoxy groups -OCH3 is 2.